The number of aromatic amines is 1. The lowest BCUT2D eigenvalue weighted by Crippen LogP contribution is -2.07. The second-order valence-electron chi connectivity index (χ2n) is 3.34. The Morgan fingerprint density at radius 2 is 1.94 bits per heavy atom. The number of alkyl halides is 3. The largest absolute Gasteiger partial charge is 0.496 e. The summed E-state index contributed by atoms with van der Waals surface area (Å²) in [5.74, 6) is -0.525. The molecule has 90 valence electrons. The first kappa shape index (κ1) is 11.5. The first-order valence-electron chi connectivity index (χ1n) is 4.78. The third-order valence-corrected chi connectivity index (χ3v) is 2.24. The molecule has 3 nitrogen and oxygen atoms in total. The molecule has 2 rings (SSSR count). The molecule has 0 radical (unpaired) electrons. The van der Waals surface area contributed by atoms with Crippen molar-refractivity contribution >= 4 is 0 Å². The zero-order valence-electron chi connectivity index (χ0n) is 8.88. The van der Waals surface area contributed by atoms with Gasteiger partial charge in [-0.05, 0) is 12.1 Å². The van der Waals surface area contributed by atoms with Crippen LogP contribution in [0.25, 0.3) is 11.3 Å². The van der Waals surface area contributed by atoms with Crippen molar-refractivity contribution in [3.63, 3.8) is 0 Å². The van der Waals surface area contributed by atoms with Crippen molar-refractivity contribution in [3.8, 4) is 17.0 Å². The number of benzene rings is 1. The van der Waals surface area contributed by atoms with Crippen molar-refractivity contribution in [1.82, 2.24) is 9.97 Å². The minimum atomic E-state index is -4.47. The Kier molecular flexibility index (Phi) is 2.79. The van der Waals surface area contributed by atoms with E-state index in [1.165, 1.54) is 7.11 Å². The van der Waals surface area contributed by atoms with Gasteiger partial charge in [0.15, 0.2) is 0 Å². The standard InChI is InChI=1S/C11H9F3N2O/c1-17-9-5-3-2-4-7(9)8-6-15-10(16-8)11(12,13)14/h2-6H,1H3,(H,15,16). The lowest BCUT2D eigenvalue weighted by atomic mass is 10.1. The molecule has 0 unspecified atom stereocenters. The number of nitrogens with zero attached hydrogens (tertiary/aromatic N) is 1. The van der Waals surface area contributed by atoms with Crippen LogP contribution in [0.1, 0.15) is 5.82 Å². The first-order valence-corrected chi connectivity index (χ1v) is 4.78. The molecule has 1 heterocycles. The molecule has 0 fully saturated rings. The van der Waals surface area contributed by atoms with E-state index >= 15 is 0 Å². The highest BCUT2D eigenvalue weighted by molar-refractivity contribution is 5.66. The summed E-state index contributed by atoms with van der Waals surface area (Å²) in [5.41, 5.74) is 0.813. The molecule has 0 aliphatic rings. The minimum Gasteiger partial charge on any atom is -0.496 e. The zero-order valence-corrected chi connectivity index (χ0v) is 8.88. The maximum Gasteiger partial charge on any atom is 0.449 e. The third kappa shape index (κ3) is 2.25. The van der Waals surface area contributed by atoms with E-state index in [1.54, 1.807) is 24.3 Å². The fraction of sp³-hybridized carbons (Fsp3) is 0.182. The Balaban J connectivity index is 2.44. The molecule has 0 bridgehead atoms. The number of imidazole rings is 1. The van der Waals surface area contributed by atoms with Crippen LogP contribution in [0, 0.1) is 0 Å². The fourth-order valence-electron chi connectivity index (χ4n) is 1.47. The van der Waals surface area contributed by atoms with Gasteiger partial charge in [-0.15, -0.1) is 0 Å². The SMILES string of the molecule is COc1ccccc1-c1cnc(C(F)(F)F)[nH]1. The van der Waals surface area contributed by atoms with Crippen LogP contribution in [0.4, 0.5) is 13.2 Å². The van der Waals surface area contributed by atoms with Gasteiger partial charge >= 0.3 is 6.18 Å². The molecule has 17 heavy (non-hydrogen) atoms. The monoisotopic (exact) mass is 242 g/mol. The predicted molar refractivity (Wildman–Crippen MR) is 55.6 cm³/mol. The van der Waals surface area contributed by atoms with Gasteiger partial charge in [0.05, 0.1) is 19.0 Å². The van der Waals surface area contributed by atoms with Crippen LogP contribution in [-0.2, 0) is 6.18 Å². The average molecular weight is 242 g/mol. The van der Waals surface area contributed by atoms with Crippen molar-refractivity contribution in [2.24, 2.45) is 0 Å². The van der Waals surface area contributed by atoms with Crippen LogP contribution in [0.5, 0.6) is 5.75 Å². The summed E-state index contributed by atoms with van der Waals surface area (Å²) in [4.78, 5) is 5.53. The number of methoxy groups -OCH3 is 1. The minimum absolute atomic E-state index is 0.273. The predicted octanol–water partition coefficient (Wildman–Crippen LogP) is 3.10. The lowest BCUT2D eigenvalue weighted by Gasteiger charge is -2.05. The zero-order chi connectivity index (χ0) is 12.5. The van der Waals surface area contributed by atoms with Crippen molar-refractivity contribution in [2.45, 2.75) is 6.18 Å². The number of rotatable bonds is 2. The van der Waals surface area contributed by atoms with E-state index < -0.39 is 12.0 Å². The maximum absolute atomic E-state index is 12.4. The molecule has 0 saturated heterocycles. The summed E-state index contributed by atoms with van der Waals surface area (Å²) in [7, 11) is 1.46. The molecule has 0 spiro atoms. The van der Waals surface area contributed by atoms with Gasteiger partial charge in [0, 0.05) is 5.56 Å². The molecular weight excluding hydrogens is 233 g/mol. The topological polar surface area (TPSA) is 37.9 Å². The molecule has 0 amide bonds. The van der Waals surface area contributed by atoms with Crippen LogP contribution in [0.2, 0.25) is 0 Å². The third-order valence-electron chi connectivity index (χ3n) is 2.24. The number of H-pyrrole nitrogens is 1. The second kappa shape index (κ2) is 4.12. The number of ether oxygens (including phenoxy) is 1. The van der Waals surface area contributed by atoms with E-state index in [0.29, 0.717) is 11.3 Å². The van der Waals surface area contributed by atoms with Crippen LogP contribution < -0.4 is 4.74 Å². The van der Waals surface area contributed by atoms with Crippen molar-refractivity contribution in [2.75, 3.05) is 7.11 Å². The molecular formula is C11H9F3N2O. The van der Waals surface area contributed by atoms with E-state index in [9.17, 15) is 13.2 Å². The van der Waals surface area contributed by atoms with Crippen molar-refractivity contribution in [1.29, 1.82) is 0 Å². The molecule has 6 heteroatoms. The van der Waals surface area contributed by atoms with Gasteiger partial charge in [-0.1, -0.05) is 12.1 Å². The Hall–Kier alpha value is -1.98. The molecule has 1 aromatic carbocycles. The van der Waals surface area contributed by atoms with E-state index in [1.807, 2.05) is 0 Å². The first-order chi connectivity index (χ1) is 8.02. The number of para-hydroxylation sites is 1. The van der Waals surface area contributed by atoms with E-state index in [4.69, 9.17) is 4.74 Å². The number of aromatic nitrogens is 2. The van der Waals surface area contributed by atoms with Crippen LogP contribution in [0.3, 0.4) is 0 Å². The lowest BCUT2D eigenvalue weighted by molar-refractivity contribution is -0.144. The highest BCUT2D eigenvalue weighted by Crippen LogP contribution is 2.32. The number of halogens is 3. The number of hydrogen-bond donors (Lipinski definition) is 1. The van der Waals surface area contributed by atoms with Crippen LogP contribution in [0.15, 0.2) is 30.5 Å². The summed E-state index contributed by atoms with van der Waals surface area (Å²) in [5, 5.41) is 0. The molecule has 0 aliphatic carbocycles. The molecule has 1 aromatic heterocycles. The Morgan fingerprint density at radius 3 is 2.53 bits per heavy atom. The summed E-state index contributed by atoms with van der Waals surface area (Å²) >= 11 is 0. The van der Waals surface area contributed by atoms with Gasteiger partial charge < -0.3 is 9.72 Å². The summed E-state index contributed by atoms with van der Waals surface area (Å²) < 4.78 is 42.2. The summed E-state index contributed by atoms with van der Waals surface area (Å²) in [6.45, 7) is 0. The Bertz CT molecular complexity index is 519. The van der Waals surface area contributed by atoms with Gasteiger partial charge in [0.1, 0.15) is 5.75 Å². The fourth-order valence-corrected chi connectivity index (χ4v) is 1.47. The van der Waals surface area contributed by atoms with Crippen LogP contribution in [-0.4, -0.2) is 17.1 Å². The number of nitrogens with one attached hydrogen (secondary N) is 1. The van der Waals surface area contributed by atoms with E-state index in [0.717, 1.165) is 6.20 Å². The highest BCUT2D eigenvalue weighted by atomic mass is 19.4. The molecule has 0 saturated carbocycles. The Morgan fingerprint density at radius 1 is 1.24 bits per heavy atom. The summed E-state index contributed by atoms with van der Waals surface area (Å²) in [6.07, 6.45) is -3.33. The quantitative estimate of drug-likeness (QED) is 0.878. The molecule has 0 atom stereocenters. The van der Waals surface area contributed by atoms with Crippen LogP contribution >= 0.6 is 0 Å². The molecule has 1 N–H and O–H groups in total. The Labute approximate surface area is 95.3 Å². The van der Waals surface area contributed by atoms with E-state index in [-0.39, 0.29) is 5.69 Å². The smallest absolute Gasteiger partial charge is 0.449 e. The second-order valence-corrected chi connectivity index (χ2v) is 3.34. The molecule has 2 aromatic rings. The number of hydrogen-bond acceptors (Lipinski definition) is 2. The summed E-state index contributed by atoms with van der Waals surface area (Å²) in [6, 6.07) is 6.78. The van der Waals surface area contributed by atoms with Gasteiger partial charge in [-0.25, -0.2) is 4.98 Å². The normalized spacial score (nSPS) is 11.5. The van der Waals surface area contributed by atoms with Gasteiger partial charge in [0.2, 0.25) is 5.82 Å². The molecule has 0 aliphatic heterocycles. The van der Waals surface area contributed by atoms with Crippen molar-refractivity contribution in [3.05, 3.63) is 36.3 Å². The van der Waals surface area contributed by atoms with Gasteiger partial charge in [-0.3, -0.25) is 0 Å². The van der Waals surface area contributed by atoms with Gasteiger partial charge in [-0.2, -0.15) is 13.2 Å². The van der Waals surface area contributed by atoms with Gasteiger partial charge in [0.25, 0.3) is 0 Å². The maximum atomic E-state index is 12.4. The van der Waals surface area contributed by atoms with Crippen molar-refractivity contribution < 1.29 is 17.9 Å². The average Bonchev–Trinajstić information content (AvgIpc) is 2.77. The van der Waals surface area contributed by atoms with E-state index in [2.05, 4.69) is 9.97 Å². The highest BCUT2D eigenvalue weighted by Gasteiger charge is 2.34.